The third-order valence-electron chi connectivity index (χ3n) is 3.74. The van der Waals surface area contributed by atoms with Gasteiger partial charge in [0.2, 0.25) is 0 Å². The fraction of sp³-hybridized carbons (Fsp3) is 0.250. The molecule has 0 aliphatic carbocycles. The molecule has 1 atom stereocenters. The Labute approximate surface area is 128 Å². The molecule has 2 N–H and O–H groups in total. The molecule has 0 saturated carbocycles. The second-order valence-electron chi connectivity index (χ2n) is 5.19. The highest BCUT2D eigenvalue weighted by Gasteiger charge is 2.17. The Morgan fingerprint density at radius 1 is 1.24 bits per heavy atom. The lowest BCUT2D eigenvalue weighted by Gasteiger charge is -2.17. The van der Waals surface area contributed by atoms with Gasteiger partial charge in [-0.1, -0.05) is 0 Å². The van der Waals surface area contributed by atoms with E-state index in [1.54, 1.807) is 12.4 Å². The van der Waals surface area contributed by atoms with Crippen molar-refractivity contribution < 1.29 is 0 Å². The standard InChI is InChI=1S/C16H18N4S/c1-10-6-13(12(3)21-10)11(2)20-9-19-8-16(20)14-7-18-5-4-15(14)17/h4-9,11H,1-3H3,(H2,17,18). The normalized spacial score (nSPS) is 12.5. The van der Waals surface area contributed by atoms with E-state index in [0.29, 0.717) is 0 Å². The highest BCUT2D eigenvalue weighted by atomic mass is 32.1. The lowest BCUT2D eigenvalue weighted by atomic mass is 10.1. The molecular formula is C16H18N4S. The van der Waals surface area contributed by atoms with Crippen LogP contribution in [0.5, 0.6) is 0 Å². The first kappa shape index (κ1) is 13.8. The molecule has 0 spiro atoms. The summed E-state index contributed by atoms with van der Waals surface area (Å²) in [5.41, 5.74) is 10.0. The van der Waals surface area contributed by atoms with Crippen molar-refractivity contribution in [3.8, 4) is 11.3 Å². The number of aromatic nitrogens is 3. The Morgan fingerprint density at radius 3 is 2.71 bits per heavy atom. The minimum atomic E-state index is 0.215. The maximum absolute atomic E-state index is 6.07. The summed E-state index contributed by atoms with van der Waals surface area (Å²) < 4.78 is 2.15. The van der Waals surface area contributed by atoms with Crippen LogP contribution in [0.3, 0.4) is 0 Å². The van der Waals surface area contributed by atoms with E-state index in [1.165, 1.54) is 15.3 Å². The van der Waals surface area contributed by atoms with Gasteiger partial charge in [-0.15, -0.1) is 11.3 Å². The van der Waals surface area contributed by atoms with Gasteiger partial charge < -0.3 is 10.3 Å². The number of aryl methyl sites for hydroxylation is 2. The molecule has 108 valence electrons. The van der Waals surface area contributed by atoms with Crippen molar-refractivity contribution in [3.63, 3.8) is 0 Å². The monoisotopic (exact) mass is 298 g/mol. The van der Waals surface area contributed by atoms with Gasteiger partial charge in [0.05, 0.1) is 24.3 Å². The Morgan fingerprint density at radius 2 is 2.05 bits per heavy atom. The minimum Gasteiger partial charge on any atom is -0.398 e. The summed E-state index contributed by atoms with van der Waals surface area (Å²) in [7, 11) is 0. The van der Waals surface area contributed by atoms with Crippen LogP contribution < -0.4 is 5.73 Å². The Balaban J connectivity index is 2.07. The summed E-state index contributed by atoms with van der Waals surface area (Å²) in [6.07, 6.45) is 7.20. The summed E-state index contributed by atoms with van der Waals surface area (Å²) in [5.74, 6) is 0. The van der Waals surface area contributed by atoms with Crippen LogP contribution in [-0.4, -0.2) is 14.5 Å². The van der Waals surface area contributed by atoms with Crippen molar-refractivity contribution >= 4 is 17.0 Å². The zero-order valence-corrected chi connectivity index (χ0v) is 13.2. The van der Waals surface area contributed by atoms with Crippen molar-refractivity contribution in [1.82, 2.24) is 14.5 Å². The van der Waals surface area contributed by atoms with E-state index in [0.717, 1.165) is 16.9 Å². The van der Waals surface area contributed by atoms with Crippen LogP contribution in [0.25, 0.3) is 11.3 Å². The highest BCUT2D eigenvalue weighted by molar-refractivity contribution is 7.12. The smallest absolute Gasteiger partial charge is 0.0956 e. The van der Waals surface area contributed by atoms with Crippen LogP contribution >= 0.6 is 11.3 Å². The minimum absolute atomic E-state index is 0.215. The second kappa shape index (κ2) is 5.33. The number of imidazole rings is 1. The van der Waals surface area contributed by atoms with Crippen LogP contribution in [0.15, 0.2) is 37.1 Å². The van der Waals surface area contributed by atoms with E-state index < -0.39 is 0 Å². The average molecular weight is 298 g/mol. The number of nitrogens with zero attached hydrogens (tertiary/aromatic N) is 3. The van der Waals surface area contributed by atoms with E-state index in [1.807, 2.05) is 29.9 Å². The number of nitrogen functional groups attached to an aromatic ring is 1. The first-order chi connectivity index (χ1) is 10.1. The largest absolute Gasteiger partial charge is 0.398 e. The molecule has 4 nitrogen and oxygen atoms in total. The topological polar surface area (TPSA) is 56.7 Å². The zero-order chi connectivity index (χ0) is 15.0. The molecule has 5 heteroatoms. The van der Waals surface area contributed by atoms with Crippen LogP contribution in [0.1, 0.15) is 28.3 Å². The van der Waals surface area contributed by atoms with Gasteiger partial charge in [0.15, 0.2) is 0 Å². The quantitative estimate of drug-likeness (QED) is 0.800. The third-order valence-corrected chi connectivity index (χ3v) is 4.73. The number of nitrogens with two attached hydrogens (primary N) is 1. The molecule has 0 amide bonds. The molecule has 1 unspecified atom stereocenters. The molecule has 21 heavy (non-hydrogen) atoms. The van der Waals surface area contributed by atoms with E-state index in [2.05, 4.69) is 41.4 Å². The number of hydrogen-bond donors (Lipinski definition) is 1. The SMILES string of the molecule is Cc1cc(C(C)n2cncc2-c2cnccc2N)c(C)s1. The van der Waals surface area contributed by atoms with Gasteiger partial charge in [0.25, 0.3) is 0 Å². The fourth-order valence-electron chi connectivity index (χ4n) is 2.66. The molecule has 0 saturated heterocycles. The van der Waals surface area contributed by atoms with Gasteiger partial charge >= 0.3 is 0 Å². The highest BCUT2D eigenvalue weighted by Crippen LogP contribution is 2.33. The second-order valence-corrected chi connectivity index (χ2v) is 6.65. The van der Waals surface area contributed by atoms with Gasteiger partial charge in [0.1, 0.15) is 0 Å². The first-order valence-corrected chi connectivity index (χ1v) is 7.68. The molecule has 3 aromatic heterocycles. The zero-order valence-electron chi connectivity index (χ0n) is 12.4. The molecule has 0 aromatic carbocycles. The van der Waals surface area contributed by atoms with Crippen molar-refractivity contribution in [2.75, 3.05) is 5.73 Å². The van der Waals surface area contributed by atoms with Crippen molar-refractivity contribution in [2.24, 2.45) is 0 Å². The van der Waals surface area contributed by atoms with Gasteiger partial charge in [-0.25, -0.2) is 4.98 Å². The van der Waals surface area contributed by atoms with Crippen molar-refractivity contribution in [1.29, 1.82) is 0 Å². The summed E-state index contributed by atoms with van der Waals surface area (Å²) in [6.45, 7) is 6.49. The van der Waals surface area contributed by atoms with Crippen LogP contribution in [-0.2, 0) is 0 Å². The lowest BCUT2D eigenvalue weighted by Crippen LogP contribution is -2.08. The maximum atomic E-state index is 6.07. The first-order valence-electron chi connectivity index (χ1n) is 6.86. The summed E-state index contributed by atoms with van der Waals surface area (Å²) >= 11 is 1.83. The van der Waals surface area contributed by atoms with Crippen molar-refractivity contribution in [2.45, 2.75) is 26.8 Å². The van der Waals surface area contributed by atoms with Crippen LogP contribution in [0.4, 0.5) is 5.69 Å². The molecule has 3 heterocycles. The van der Waals surface area contributed by atoms with Gasteiger partial charge in [-0.05, 0) is 38.5 Å². The lowest BCUT2D eigenvalue weighted by molar-refractivity contribution is 0.643. The van der Waals surface area contributed by atoms with Gasteiger partial charge in [-0.3, -0.25) is 4.98 Å². The van der Waals surface area contributed by atoms with Crippen molar-refractivity contribution in [3.05, 3.63) is 52.4 Å². The van der Waals surface area contributed by atoms with Gasteiger partial charge in [-0.2, -0.15) is 0 Å². The van der Waals surface area contributed by atoms with E-state index in [9.17, 15) is 0 Å². The van der Waals surface area contributed by atoms with E-state index >= 15 is 0 Å². The molecular weight excluding hydrogens is 280 g/mol. The molecule has 0 fully saturated rings. The number of thiophene rings is 1. The Bertz CT molecular complexity index is 772. The molecule has 0 bridgehead atoms. The molecule has 0 aliphatic rings. The van der Waals surface area contributed by atoms with E-state index in [4.69, 9.17) is 5.73 Å². The predicted molar refractivity (Wildman–Crippen MR) is 87.5 cm³/mol. The van der Waals surface area contributed by atoms with Crippen LogP contribution in [0.2, 0.25) is 0 Å². The summed E-state index contributed by atoms with van der Waals surface area (Å²) in [4.78, 5) is 11.2. The Hall–Kier alpha value is -2.14. The fourth-order valence-corrected chi connectivity index (χ4v) is 3.67. The number of rotatable bonds is 3. The van der Waals surface area contributed by atoms with E-state index in [-0.39, 0.29) is 6.04 Å². The third kappa shape index (κ3) is 2.45. The van der Waals surface area contributed by atoms with Gasteiger partial charge in [0, 0.05) is 33.4 Å². The molecule has 0 aliphatic heterocycles. The predicted octanol–water partition coefficient (Wildman–Crippen LogP) is 3.81. The molecule has 3 aromatic rings. The molecule has 0 radical (unpaired) electrons. The molecule has 3 rings (SSSR count). The number of pyridine rings is 1. The maximum Gasteiger partial charge on any atom is 0.0956 e. The Kier molecular flexibility index (Phi) is 3.51. The number of anilines is 1. The summed E-state index contributed by atoms with van der Waals surface area (Å²) in [5, 5.41) is 0. The average Bonchev–Trinajstić information content (AvgIpc) is 3.05. The summed E-state index contributed by atoms with van der Waals surface area (Å²) in [6, 6.07) is 4.28. The number of hydrogen-bond acceptors (Lipinski definition) is 4. The van der Waals surface area contributed by atoms with Crippen LogP contribution in [0, 0.1) is 13.8 Å².